The molecule has 1 N–H and O–H groups in total. The zero-order valence-electron chi connectivity index (χ0n) is 18.3. The van der Waals surface area contributed by atoms with Crippen molar-refractivity contribution in [1.82, 2.24) is 10.2 Å². The molecule has 0 atom stereocenters. The molecular formula is C21H35N2O5P. The molecule has 1 aliphatic rings. The molecule has 0 spiro atoms. The molecule has 1 aliphatic heterocycles. The van der Waals surface area contributed by atoms with Crippen LogP contribution in [-0.2, 0) is 24.9 Å². The van der Waals surface area contributed by atoms with Crippen LogP contribution in [0.3, 0.4) is 0 Å². The van der Waals surface area contributed by atoms with Crippen molar-refractivity contribution < 1.29 is 23.1 Å². The van der Waals surface area contributed by atoms with Gasteiger partial charge < -0.3 is 18.7 Å². The fourth-order valence-electron chi connectivity index (χ4n) is 3.42. The number of nitrogens with one attached hydrogen (secondary N) is 1. The Bertz CT molecular complexity index is 687. The number of benzene rings is 1. The van der Waals surface area contributed by atoms with Crippen LogP contribution in [0.2, 0.25) is 0 Å². The Hall–Kier alpha value is -1.40. The number of carbonyl (C=O) groups excluding carboxylic acids is 1. The molecule has 0 radical (unpaired) electrons. The standard InChI is InChI=1S/C21H35N2O5P/c1-6-26-29(25,27-7-2)21(22-17-18-11-9-8-10-12-18)13-15-23(16-14-21)19(24)28-20(3,4)5/h8-12,22H,6-7,13-17H2,1-5H3. The maximum atomic E-state index is 13.8. The maximum absolute atomic E-state index is 13.8. The van der Waals surface area contributed by atoms with Crippen LogP contribution in [0, 0.1) is 0 Å². The Labute approximate surface area is 174 Å². The summed E-state index contributed by atoms with van der Waals surface area (Å²) in [6.45, 7) is 11.1. The summed E-state index contributed by atoms with van der Waals surface area (Å²) in [6, 6.07) is 9.94. The molecule has 2 rings (SSSR count). The highest BCUT2D eigenvalue weighted by atomic mass is 31.2. The van der Waals surface area contributed by atoms with E-state index in [0.29, 0.717) is 45.7 Å². The zero-order valence-corrected chi connectivity index (χ0v) is 19.2. The van der Waals surface area contributed by atoms with Gasteiger partial charge in [-0.25, -0.2) is 4.79 Å². The van der Waals surface area contributed by atoms with Crippen molar-refractivity contribution in [2.45, 2.75) is 64.9 Å². The minimum absolute atomic E-state index is 0.293. The van der Waals surface area contributed by atoms with Crippen molar-refractivity contribution in [3.05, 3.63) is 35.9 Å². The third-order valence-corrected chi connectivity index (χ3v) is 7.68. The first-order valence-electron chi connectivity index (χ1n) is 10.3. The number of likely N-dealkylation sites (tertiary alicyclic amines) is 1. The fourth-order valence-corrected chi connectivity index (χ4v) is 5.69. The van der Waals surface area contributed by atoms with Crippen LogP contribution < -0.4 is 5.32 Å². The smallest absolute Gasteiger partial charge is 0.410 e. The Kier molecular flexibility index (Phi) is 8.29. The number of hydrogen-bond donors (Lipinski definition) is 1. The molecule has 0 unspecified atom stereocenters. The normalized spacial score (nSPS) is 17.2. The van der Waals surface area contributed by atoms with Gasteiger partial charge in [-0.3, -0.25) is 9.88 Å². The second kappa shape index (κ2) is 10.1. The number of carbonyl (C=O) groups is 1. The number of hydrogen-bond acceptors (Lipinski definition) is 6. The lowest BCUT2D eigenvalue weighted by Crippen LogP contribution is -2.55. The third-order valence-electron chi connectivity index (χ3n) is 4.83. The lowest BCUT2D eigenvalue weighted by Gasteiger charge is -2.45. The molecule has 1 saturated heterocycles. The molecular weight excluding hydrogens is 391 g/mol. The molecule has 0 bridgehead atoms. The van der Waals surface area contributed by atoms with Gasteiger partial charge in [-0.2, -0.15) is 0 Å². The van der Waals surface area contributed by atoms with E-state index in [2.05, 4.69) is 5.32 Å². The van der Waals surface area contributed by atoms with Gasteiger partial charge in [-0.15, -0.1) is 0 Å². The van der Waals surface area contributed by atoms with Gasteiger partial charge in [0.1, 0.15) is 10.9 Å². The topological polar surface area (TPSA) is 77.1 Å². The fraction of sp³-hybridized carbons (Fsp3) is 0.667. The summed E-state index contributed by atoms with van der Waals surface area (Å²) >= 11 is 0. The average Bonchev–Trinajstić information content (AvgIpc) is 2.66. The van der Waals surface area contributed by atoms with Crippen molar-refractivity contribution >= 4 is 13.7 Å². The van der Waals surface area contributed by atoms with Crippen LogP contribution in [-0.4, -0.2) is 48.2 Å². The predicted octanol–water partition coefficient (Wildman–Crippen LogP) is 4.77. The third kappa shape index (κ3) is 6.29. The monoisotopic (exact) mass is 426 g/mol. The minimum atomic E-state index is -3.45. The van der Waals surface area contributed by atoms with Crippen LogP contribution in [0.25, 0.3) is 0 Å². The van der Waals surface area contributed by atoms with Gasteiger partial charge >= 0.3 is 13.7 Å². The van der Waals surface area contributed by atoms with Crippen LogP contribution >= 0.6 is 7.60 Å². The van der Waals surface area contributed by atoms with Crippen LogP contribution in [0.4, 0.5) is 4.79 Å². The summed E-state index contributed by atoms with van der Waals surface area (Å²) in [5.41, 5.74) is 0.532. The zero-order chi connectivity index (χ0) is 21.5. The first-order chi connectivity index (χ1) is 13.6. The van der Waals surface area contributed by atoms with Gasteiger partial charge in [0.2, 0.25) is 0 Å². The molecule has 1 heterocycles. The van der Waals surface area contributed by atoms with Crippen molar-refractivity contribution in [2.75, 3.05) is 26.3 Å². The van der Waals surface area contributed by atoms with E-state index in [1.165, 1.54) is 0 Å². The van der Waals surface area contributed by atoms with E-state index in [1.54, 1.807) is 4.90 Å². The molecule has 0 saturated carbocycles. The first kappa shape index (κ1) is 23.9. The van der Waals surface area contributed by atoms with Gasteiger partial charge in [0.25, 0.3) is 0 Å². The lowest BCUT2D eigenvalue weighted by molar-refractivity contribution is 0.0165. The second-order valence-corrected chi connectivity index (χ2v) is 10.5. The van der Waals surface area contributed by atoms with Crippen molar-refractivity contribution in [3.8, 4) is 0 Å². The van der Waals surface area contributed by atoms with Crippen LogP contribution in [0.5, 0.6) is 0 Å². The minimum Gasteiger partial charge on any atom is -0.444 e. The van der Waals surface area contributed by atoms with Gasteiger partial charge in [0.15, 0.2) is 0 Å². The number of rotatable bonds is 8. The van der Waals surface area contributed by atoms with E-state index in [4.69, 9.17) is 13.8 Å². The summed E-state index contributed by atoms with van der Waals surface area (Å²) in [6.07, 6.45) is 0.559. The number of nitrogens with zero attached hydrogens (tertiary/aromatic N) is 1. The Morgan fingerprint density at radius 3 is 2.14 bits per heavy atom. The van der Waals surface area contributed by atoms with Gasteiger partial charge in [-0.1, -0.05) is 30.3 Å². The second-order valence-electron chi connectivity index (χ2n) is 8.17. The molecule has 1 fully saturated rings. The maximum Gasteiger partial charge on any atom is 0.410 e. The van der Waals surface area contributed by atoms with E-state index < -0.39 is 18.5 Å². The highest BCUT2D eigenvalue weighted by Gasteiger charge is 2.52. The molecule has 1 aromatic carbocycles. The van der Waals surface area contributed by atoms with E-state index in [9.17, 15) is 9.36 Å². The summed E-state index contributed by atoms with van der Waals surface area (Å²) < 4.78 is 30.7. The van der Waals surface area contributed by atoms with Gasteiger partial charge in [0.05, 0.1) is 13.2 Å². The van der Waals surface area contributed by atoms with E-state index >= 15 is 0 Å². The van der Waals surface area contributed by atoms with E-state index in [0.717, 1.165) is 5.56 Å². The predicted molar refractivity (Wildman–Crippen MR) is 114 cm³/mol. The number of ether oxygens (including phenoxy) is 1. The Morgan fingerprint density at radius 2 is 1.66 bits per heavy atom. The summed E-state index contributed by atoms with van der Waals surface area (Å²) in [4.78, 5) is 14.1. The number of amides is 1. The molecule has 1 amide bonds. The van der Waals surface area contributed by atoms with Gasteiger partial charge in [-0.05, 0) is 53.0 Å². The SMILES string of the molecule is CCOP(=O)(OCC)C1(NCc2ccccc2)CCN(C(=O)OC(C)(C)C)CC1. The molecule has 0 aromatic heterocycles. The van der Waals surface area contributed by atoms with Gasteiger partial charge in [0, 0.05) is 19.6 Å². The van der Waals surface area contributed by atoms with E-state index in [1.807, 2.05) is 65.0 Å². The first-order valence-corrected chi connectivity index (χ1v) is 11.8. The van der Waals surface area contributed by atoms with Crippen molar-refractivity contribution in [3.63, 3.8) is 0 Å². The van der Waals surface area contributed by atoms with Crippen molar-refractivity contribution in [1.29, 1.82) is 0 Å². The van der Waals surface area contributed by atoms with Crippen LogP contribution in [0.15, 0.2) is 30.3 Å². The van der Waals surface area contributed by atoms with Crippen LogP contribution in [0.1, 0.15) is 53.0 Å². The largest absolute Gasteiger partial charge is 0.444 e. The number of piperidine rings is 1. The highest BCUT2D eigenvalue weighted by Crippen LogP contribution is 2.62. The molecule has 29 heavy (non-hydrogen) atoms. The lowest BCUT2D eigenvalue weighted by atomic mass is 10.0. The summed E-state index contributed by atoms with van der Waals surface area (Å²) in [7, 11) is -3.45. The molecule has 8 heteroatoms. The Morgan fingerprint density at radius 1 is 1.10 bits per heavy atom. The molecule has 1 aromatic rings. The Balaban J connectivity index is 2.20. The van der Waals surface area contributed by atoms with E-state index in [-0.39, 0.29) is 6.09 Å². The van der Waals surface area contributed by atoms with Crippen molar-refractivity contribution in [2.24, 2.45) is 0 Å². The summed E-state index contributed by atoms with van der Waals surface area (Å²) in [5, 5.41) is 2.62. The highest BCUT2D eigenvalue weighted by molar-refractivity contribution is 7.55. The average molecular weight is 426 g/mol. The molecule has 0 aliphatic carbocycles. The molecule has 7 nitrogen and oxygen atoms in total. The molecule has 164 valence electrons. The summed E-state index contributed by atoms with van der Waals surface area (Å²) in [5.74, 6) is 0. The quantitative estimate of drug-likeness (QED) is 0.604.